The summed E-state index contributed by atoms with van der Waals surface area (Å²) in [5.41, 5.74) is 4.47. The summed E-state index contributed by atoms with van der Waals surface area (Å²) in [7, 11) is 0. The second kappa shape index (κ2) is 7.81. The Hall–Kier alpha value is -3.57. The van der Waals surface area contributed by atoms with Crippen molar-refractivity contribution in [3.63, 3.8) is 0 Å². The molecule has 0 aromatic heterocycles. The van der Waals surface area contributed by atoms with Gasteiger partial charge in [0.25, 0.3) is 0 Å². The van der Waals surface area contributed by atoms with Gasteiger partial charge in [-0.3, -0.25) is 0 Å². The van der Waals surface area contributed by atoms with Crippen LogP contribution in [0.4, 0.5) is 0 Å². The number of benzene rings is 3. The molecule has 0 radical (unpaired) electrons. The number of hydrogen-bond donors (Lipinski definition) is 1. The maximum Gasteiger partial charge on any atom is 0.335 e. The third-order valence-corrected chi connectivity index (χ3v) is 3.74. The first-order valence-corrected chi connectivity index (χ1v) is 7.90. The van der Waals surface area contributed by atoms with Crippen molar-refractivity contribution >= 4 is 12.0 Å². The Morgan fingerprint density at radius 3 is 2.24 bits per heavy atom. The first kappa shape index (κ1) is 16.3. The highest BCUT2D eigenvalue weighted by atomic mass is 16.4. The van der Waals surface area contributed by atoms with Crippen LogP contribution in [0.3, 0.4) is 0 Å². The zero-order valence-electron chi connectivity index (χ0n) is 13.5. The fourth-order valence-corrected chi connectivity index (χ4v) is 2.48. The van der Waals surface area contributed by atoms with Crippen LogP contribution in [0.2, 0.25) is 0 Å². The molecular formula is C23H16O2. The average molecular weight is 324 g/mol. The Bertz CT molecular complexity index is 956. The number of allylic oxidation sites excluding steroid dienone is 1. The molecule has 0 unspecified atom stereocenters. The molecule has 0 atom stereocenters. The number of carbonyl (C=O) groups is 1. The van der Waals surface area contributed by atoms with Gasteiger partial charge in [0.2, 0.25) is 0 Å². The minimum Gasteiger partial charge on any atom is -0.478 e. The van der Waals surface area contributed by atoms with Gasteiger partial charge in [0.05, 0.1) is 5.56 Å². The molecule has 0 saturated carbocycles. The fourth-order valence-electron chi connectivity index (χ4n) is 2.48. The molecular weight excluding hydrogens is 308 g/mol. The van der Waals surface area contributed by atoms with E-state index in [1.165, 1.54) is 5.56 Å². The van der Waals surface area contributed by atoms with Crippen LogP contribution in [0, 0.1) is 11.8 Å². The maximum atomic E-state index is 10.8. The van der Waals surface area contributed by atoms with E-state index in [1.807, 2.05) is 42.5 Å². The van der Waals surface area contributed by atoms with Crippen LogP contribution in [-0.4, -0.2) is 11.1 Å². The highest BCUT2D eigenvalue weighted by molar-refractivity contribution is 5.87. The normalized spacial score (nSPS) is 10.2. The second-order valence-corrected chi connectivity index (χ2v) is 5.44. The van der Waals surface area contributed by atoms with Crippen molar-refractivity contribution in [1.82, 2.24) is 0 Å². The number of hydrogen-bond acceptors (Lipinski definition) is 1. The molecule has 0 aliphatic heterocycles. The summed E-state index contributed by atoms with van der Waals surface area (Å²) >= 11 is 0. The molecule has 2 heteroatoms. The Morgan fingerprint density at radius 1 is 0.840 bits per heavy atom. The number of carboxylic acid groups (broad SMARTS) is 1. The van der Waals surface area contributed by atoms with Crippen molar-refractivity contribution in [3.05, 3.63) is 102 Å². The third kappa shape index (κ3) is 4.25. The quantitative estimate of drug-likeness (QED) is 0.679. The van der Waals surface area contributed by atoms with Crippen LogP contribution in [-0.2, 0) is 0 Å². The minimum atomic E-state index is -0.933. The molecule has 0 aliphatic rings. The Kier molecular flexibility index (Phi) is 5.09. The highest BCUT2D eigenvalue weighted by Gasteiger charge is 2.01. The molecule has 0 bridgehead atoms. The average Bonchev–Trinajstić information content (AvgIpc) is 2.66. The van der Waals surface area contributed by atoms with Crippen LogP contribution < -0.4 is 0 Å². The molecule has 0 saturated heterocycles. The van der Waals surface area contributed by atoms with Crippen molar-refractivity contribution < 1.29 is 9.90 Å². The van der Waals surface area contributed by atoms with E-state index in [4.69, 9.17) is 5.11 Å². The van der Waals surface area contributed by atoms with E-state index in [2.05, 4.69) is 36.1 Å². The van der Waals surface area contributed by atoms with Crippen LogP contribution >= 0.6 is 0 Å². The third-order valence-electron chi connectivity index (χ3n) is 3.74. The molecule has 0 spiro atoms. The summed E-state index contributed by atoms with van der Waals surface area (Å²) in [6.45, 7) is 0. The van der Waals surface area contributed by atoms with Crippen molar-refractivity contribution in [1.29, 1.82) is 0 Å². The predicted octanol–water partition coefficient (Wildman–Crippen LogP) is 5.12. The Balaban J connectivity index is 1.79. The van der Waals surface area contributed by atoms with Crippen molar-refractivity contribution in [2.45, 2.75) is 0 Å². The van der Waals surface area contributed by atoms with Gasteiger partial charge in [-0.1, -0.05) is 66.4 Å². The molecule has 0 aliphatic carbocycles. The van der Waals surface area contributed by atoms with E-state index < -0.39 is 5.97 Å². The van der Waals surface area contributed by atoms with E-state index in [9.17, 15) is 4.79 Å². The summed E-state index contributed by atoms with van der Waals surface area (Å²) in [6.07, 6.45) is 3.80. The van der Waals surface area contributed by atoms with E-state index in [-0.39, 0.29) is 5.56 Å². The van der Waals surface area contributed by atoms with Gasteiger partial charge in [0.1, 0.15) is 0 Å². The summed E-state index contributed by atoms with van der Waals surface area (Å²) in [5, 5.41) is 8.89. The van der Waals surface area contributed by atoms with Gasteiger partial charge in [-0.15, -0.1) is 0 Å². The first-order chi connectivity index (χ1) is 12.2. The summed E-state index contributed by atoms with van der Waals surface area (Å²) < 4.78 is 0. The number of aromatic carboxylic acids is 1. The molecule has 0 fully saturated rings. The maximum absolute atomic E-state index is 10.8. The second-order valence-electron chi connectivity index (χ2n) is 5.44. The molecule has 25 heavy (non-hydrogen) atoms. The lowest BCUT2D eigenvalue weighted by Crippen LogP contribution is -1.94. The van der Waals surface area contributed by atoms with Gasteiger partial charge >= 0.3 is 5.97 Å². The van der Waals surface area contributed by atoms with E-state index in [0.29, 0.717) is 0 Å². The molecule has 3 aromatic rings. The van der Waals surface area contributed by atoms with E-state index >= 15 is 0 Å². The molecule has 1 N–H and O–H groups in total. The minimum absolute atomic E-state index is 0.262. The van der Waals surface area contributed by atoms with Crippen LogP contribution in [0.5, 0.6) is 0 Å². The SMILES string of the molecule is O=C(O)c1ccc(C#C/C=C\c2ccccc2-c2ccccc2)cc1. The van der Waals surface area contributed by atoms with Gasteiger partial charge in [-0.25, -0.2) is 4.79 Å². The van der Waals surface area contributed by atoms with Crippen LogP contribution in [0.1, 0.15) is 21.5 Å². The lowest BCUT2D eigenvalue weighted by molar-refractivity contribution is 0.0697. The fraction of sp³-hybridized carbons (Fsp3) is 0. The first-order valence-electron chi connectivity index (χ1n) is 7.90. The molecule has 0 amide bonds. The number of rotatable bonds is 3. The van der Waals surface area contributed by atoms with Gasteiger partial charge < -0.3 is 5.11 Å². The smallest absolute Gasteiger partial charge is 0.335 e. The van der Waals surface area contributed by atoms with Gasteiger partial charge in [0, 0.05) is 5.56 Å². The van der Waals surface area contributed by atoms with Crippen LogP contribution in [0.15, 0.2) is 84.9 Å². The van der Waals surface area contributed by atoms with Crippen molar-refractivity contribution in [2.75, 3.05) is 0 Å². The molecule has 120 valence electrons. The van der Waals surface area contributed by atoms with Gasteiger partial charge in [-0.05, 0) is 53.1 Å². The summed E-state index contributed by atoms with van der Waals surface area (Å²) in [6, 6.07) is 24.9. The Morgan fingerprint density at radius 2 is 1.52 bits per heavy atom. The van der Waals surface area contributed by atoms with E-state index in [1.54, 1.807) is 24.3 Å². The largest absolute Gasteiger partial charge is 0.478 e. The molecule has 3 aromatic carbocycles. The lowest BCUT2D eigenvalue weighted by atomic mass is 9.99. The summed E-state index contributed by atoms with van der Waals surface area (Å²) in [5.74, 6) is 5.08. The Labute approximate surface area is 147 Å². The lowest BCUT2D eigenvalue weighted by Gasteiger charge is -2.05. The molecule has 0 heterocycles. The van der Waals surface area contributed by atoms with Gasteiger partial charge in [-0.2, -0.15) is 0 Å². The summed E-state index contributed by atoms with van der Waals surface area (Å²) in [4.78, 5) is 10.8. The van der Waals surface area contributed by atoms with Crippen molar-refractivity contribution in [3.8, 4) is 23.0 Å². The topological polar surface area (TPSA) is 37.3 Å². The molecule has 3 rings (SSSR count). The van der Waals surface area contributed by atoms with Gasteiger partial charge in [0.15, 0.2) is 0 Å². The molecule has 2 nitrogen and oxygen atoms in total. The zero-order chi connectivity index (χ0) is 17.5. The highest BCUT2D eigenvalue weighted by Crippen LogP contribution is 2.24. The van der Waals surface area contributed by atoms with E-state index in [0.717, 1.165) is 16.7 Å². The predicted molar refractivity (Wildman–Crippen MR) is 101 cm³/mol. The van der Waals surface area contributed by atoms with Crippen molar-refractivity contribution in [2.24, 2.45) is 0 Å². The monoisotopic (exact) mass is 324 g/mol. The standard InChI is InChI=1S/C23H16O2/c24-23(25)21-16-14-18(15-17-21)8-4-5-11-20-12-6-7-13-22(20)19-9-2-1-3-10-19/h1-3,5-7,9-17H,(H,24,25)/b11-5-. The van der Waals surface area contributed by atoms with Crippen LogP contribution in [0.25, 0.3) is 17.2 Å². The zero-order valence-corrected chi connectivity index (χ0v) is 13.5. The number of carboxylic acids is 1.